The highest BCUT2D eigenvalue weighted by atomic mass is 15.2. The molecule has 2 nitrogen and oxygen atoms in total. The topological polar surface area (TPSA) is 15.6 Å². The van der Waals surface area contributed by atoms with Crippen LogP contribution < -0.4 is 0 Å². The number of hydrogen-bond donors (Lipinski definition) is 0. The van der Waals surface area contributed by atoms with Gasteiger partial charge < -0.3 is 4.90 Å². The quantitative estimate of drug-likeness (QED) is 0.786. The molecule has 2 heteroatoms. The summed E-state index contributed by atoms with van der Waals surface area (Å²) in [5.74, 6) is 1.15. The zero-order valence-corrected chi connectivity index (χ0v) is 11.1. The average molecular weight is 240 g/mol. The summed E-state index contributed by atoms with van der Waals surface area (Å²) >= 11 is 0. The van der Waals surface area contributed by atoms with E-state index in [4.69, 9.17) is 0 Å². The SMILES string of the molecule is CCN(CC)C1=NC=C(c2ccccc2)C=CC1. The lowest BCUT2D eigenvalue weighted by atomic mass is 10.1. The van der Waals surface area contributed by atoms with Crippen LogP contribution in [0.3, 0.4) is 0 Å². The molecule has 94 valence electrons. The lowest BCUT2D eigenvalue weighted by molar-refractivity contribution is 0.459. The van der Waals surface area contributed by atoms with Crippen LogP contribution in [-0.4, -0.2) is 23.8 Å². The van der Waals surface area contributed by atoms with E-state index in [0.717, 1.165) is 25.3 Å². The van der Waals surface area contributed by atoms with Crippen molar-refractivity contribution < 1.29 is 0 Å². The molecule has 0 saturated carbocycles. The molecule has 0 fully saturated rings. The summed E-state index contributed by atoms with van der Waals surface area (Å²) in [5.41, 5.74) is 2.40. The Morgan fingerprint density at radius 1 is 1.11 bits per heavy atom. The van der Waals surface area contributed by atoms with E-state index < -0.39 is 0 Å². The van der Waals surface area contributed by atoms with Crippen molar-refractivity contribution in [2.75, 3.05) is 13.1 Å². The van der Waals surface area contributed by atoms with E-state index in [1.165, 1.54) is 11.1 Å². The van der Waals surface area contributed by atoms with Gasteiger partial charge in [0.1, 0.15) is 5.84 Å². The summed E-state index contributed by atoms with van der Waals surface area (Å²) in [6.45, 7) is 6.36. The number of aliphatic imine (C=N–C) groups is 1. The van der Waals surface area contributed by atoms with Gasteiger partial charge in [0.25, 0.3) is 0 Å². The first kappa shape index (κ1) is 12.6. The van der Waals surface area contributed by atoms with Crippen molar-refractivity contribution in [3.05, 3.63) is 54.2 Å². The van der Waals surface area contributed by atoms with Crippen molar-refractivity contribution in [1.82, 2.24) is 4.90 Å². The zero-order chi connectivity index (χ0) is 12.8. The van der Waals surface area contributed by atoms with Gasteiger partial charge in [0, 0.05) is 25.7 Å². The maximum atomic E-state index is 4.64. The van der Waals surface area contributed by atoms with E-state index in [9.17, 15) is 0 Å². The molecule has 1 heterocycles. The molecule has 0 aromatic heterocycles. The number of hydrogen-bond acceptors (Lipinski definition) is 2. The standard InChI is InChI=1S/C16H20N2/c1-3-18(4-2)16-12-8-11-15(13-17-16)14-9-6-5-7-10-14/h5-11,13H,3-4,12H2,1-2H3. The van der Waals surface area contributed by atoms with Crippen molar-refractivity contribution in [2.24, 2.45) is 4.99 Å². The average Bonchev–Trinajstić information content (AvgIpc) is 2.67. The van der Waals surface area contributed by atoms with Crippen LogP contribution in [0, 0.1) is 0 Å². The summed E-state index contributed by atoms with van der Waals surface area (Å²) < 4.78 is 0. The second-order valence-corrected chi connectivity index (χ2v) is 4.27. The summed E-state index contributed by atoms with van der Waals surface area (Å²) in [6.07, 6.45) is 7.25. The van der Waals surface area contributed by atoms with E-state index >= 15 is 0 Å². The van der Waals surface area contributed by atoms with Crippen LogP contribution in [0.2, 0.25) is 0 Å². The number of rotatable bonds is 3. The van der Waals surface area contributed by atoms with Gasteiger partial charge in [-0.15, -0.1) is 0 Å². The number of nitrogens with zero attached hydrogens (tertiary/aromatic N) is 2. The molecule has 2 rings (SSSR count). The minimum atomic E-state index is 0.911. The largest absolute Gasteiger partial charge is 0.360 e. The maximum Gasteiger partial charge on any atom is 0.108 e. The van der Waals surface area contributed by atoms with E-state index in [-0.39, 0.29) is 0 Å². The van der Waals surface area contributed by atoms with Crippen LogP contribution in [0.25, 0.3) is 5.57 Å². The molecule has 0 radical (unpaired) electrons. The predicted molar refractivity (Wildman–Crippen MR) is 78.5 cm³/mol. The smallest absolute Gasteiger partial charge is 0.108 e. The van der Waals surface area contributed by atoms with Crippen LogP contribution in [0.1, 0.15) is 25.8 Å². The molecular weight excluding hydrogens is 220 g/mol. The van der Waals surface area contributed by atoms with Gasteiger partial charge in [0.05, 0.1) is 0 Å². The molecule has 0 unspecified atom stereocenters. The van der Waals surface area contributed by atoms with Gasteiger partial charge in [0.15, 0.2) is 0 Å². The number of benzene rings is 1. The first-order valence-electron chi connectivity index (χ1n) is 6.59. The van der Waals surface area contributed by atoms with Gasteiger partial charge >= 0.3 is 0 Å². The lowest BCUT2D eigenvalue weighted by Gasteiger charge is -2.21. The van der Waals surface area contributed by atoms with Crippen LogP contribution >= 0.6 is 0 Å². The van der Waals surface area contributed by atoms with Gasteiger partial charge in [-0.25, -0.2) is 4.99 Å². The van der Waals surface area contributed by atoms with Gasteiger partial charge in [0.2, 0.25) is 0 Å². The van der Waals surface area contributed by atoms with Crippen LogP contribution in [0.5, 0.6) is 0 Å². The predicted octanol–water partition coefficient (Wildman–Crippen LogP) is 3.73. The second kappa shape index (κ2) is 6.20. The maximum absolute atomic E-state index is 4.64. The van der Waals surface area contributed by atoms with Crippen molar-refractivity contribution in [3.63, 3.8) is 0 Å². The fourth-order valence-electron chi connectivity index (χ4n) is 2.13. The molecule has 1 aliphatic rings. The Morgan fingerprint density at radius 2 is 1.83 bits per heavy atom. The molecule has 0 N–H and O–H groups in total. The monoisotopic (exact) mass is 240 g/mol. The molecule has 0 bridgehead atoms. The minimum Gasteiger partial charge on any atom is -0.360 e. The Balaban J connectivity index is 2.25. The minimum absolute atomic E-state index is 0.911. The second-order valence-electron chi connectivity index (χ2n) is 4.27. The molecule has 18 heavy (non-hydrogen) atoms. The Hall–Kier alpha value is -1.83. The highest BCUT2D eigenvalue weighted by Crippen LogP contribution is 2.18. The van der Waals surface area contributed by atoms with Crippen LogP contribution in [0.4, 0.5) is 0 Å². The molecule has 1 aromatic carbocycles. The third-order valence-corrected chi connectivity index (χ3v) is 3.19. The highest BCUT2D eigenvalue weighted by Gasteiger charge is 2.07. The van der Waals surface area contributed by atoms with Crippen LogP contribution in [0.15, 0.2) is 53.7 Å². The molecule has 0 amide bonds. The van der Waals surface area contributed by atoms with Crippen LogP contribution in [-0.2, 0) is 0 Å². The normalized spacial score (nSPS) is 14.8. The van der Waals surface area contributed by atoms with E-state index in [2.05, 4.69) is 60.2 Å². The molecule has 0 aliphatic carbocycles. The fourth-order valence-corrected chi connectivity index (χ4v) is 2.13. The molecule has 0 atom stereocenters. The number of allylic oxidation sites excluding steroid dienone is 2. The fraction of sp³-hybridized carbons (Fsp3) is 0.312. The van der Waals surface area contributed by atoms with Gasteiger partial charge in [-0.05, 0) is 25.0 Å². The summed E-state index contributed by atoms with van der Waals surface area (Å²) in [4.78, 5) is 6.94. The van der Waals surface area contributed by atoms with Crippen molar-refractivity contribution in [3.8, 4) is 0 Å². The third kappa shape index (κ3) is 2.89. The first-order chi connectivity index (χ1) is 8.85. The van der Waals surface area contributed by atoms with Gasteiger partial charge in [-0.3, -0.25) is 0 Å². The van der Waals surface area contributed by atoms with E-state index in [1.807, 2.05) is 12.3 Å². The molecule has 1 aromatic rings. The van der Waals surface area contributed by atoms with Gasteiger partial charge in [-0.1, -0.05) is 42.5 Å². The Labute approximate surface area is 109 Å². The molecule has 0 spiro atoms. The van der Waals surface area contributed by atoms with E-state index in [1.54, 1.807) is 0 Å². The Morgan fingerprint density at radius 3 is 2.50 bits per heavy atom. The summed E-state index contributed by atoms with van der Waals surface area (Å²) in [7, 11) is 0. The summed E-state index contributed by atoms with van der Waals surface area (Å²) in [5, 5.41) is 0. The van der Waals surface area contributed by atoms with Crippen molar-refractivity contribution in [2.45, 2.75) is 20.3 Å². The highest BCUT2D eigenvalue weighted by molar-refractivity contribution is 5.88. The molecule has 1 aliphatic heterocycles. The summed E-state index contributed by atoms with van der Waals surface area (Å²) in [6, 6.07) is 10.4. The van der Waals surface area contributed by atoms with Crippen molar-refractivity contribution in [1.29, 1.82) is 0 Å². The first-order valence-corrected chi connectivity index (χ1v) is 6.59. The van der Waals surface area contributed by atoms with Crippen molar-refractivity contribution >= 4 is 11.4 Å². The lowest BCUT2D eigenvalue weighted by Crippen LogP contribution is -2.29. The van der Waals surface area contributed by atoms with Gasteiger partial charge in [-0.2, -0.15) is 0 Å². The Kier molecular flexibility index (Phi) is 4.35. The van der Waals surface area contributed by atoms with E-state index in [0.29, 0.717) is 0 Å². The third-order valence-electron chi connectivity index (χ3n) is 3.19. The number of amidine groups is 1. The molecule has 0 saturated heterocycles. The zero-order valence-electron chi connectivity index (χ0n) is 11.1. The molecular formula is C16H20N2. The Bertz CT molecular complexity index is 465.